The molecule has 0 saturated carbocycles. The van der Waals surface area contributed by atoms with Crippen molar-refractivity contribution in [3.63, 3.8) is 0 Å². The summed E-state index contributed by atoms with van der Waals surface area (Å²) in [6, 6.07) is 14.5. The zero-order valence-corrected chi connectivity index (χ0v) is 14.3. The highest BCUT2D eigenvalue weighted by molar-refractivity contribution is 7.54. The van der Waals surface area contributed by atoms with Gasteiger partial charge in [-0.1, -0.05) is 36.4 Å². The summed E-state index contributed by atoms with van der Waals surface area (Å²) in [7, 11) is -1.19. The van der Waals surface area contributed by atoms with Crippen LogP contribution in [0.5, 0.6) is 0 Å². The van der Waals surface area contributed by atoms with E-state index in [1.54, 1.807) is 48.5 Å². The van der Waals surface area contributed by atoms with Gasteiger partial charge in [0.05, 0.1) is 0 Å². The van der Waals surface area contributed by atoms with Crippen LogP contribution in [0.3, 0.4) is 0 Å². The highest BCUT2D eigenvalue weighted by Crippen LogP contribution is 2.51. The molecule has 0 aromatic heterocycles. The Hall–Kier alpha value is -2.01. The largest absolute Gasteiger partial charge is 0.352 e. The fourth-order valence-corrected chi connectivity index (χ4v) is 3.62. The minimum atomic E-state index is -3.65. The van der Waals surface area contributed by atoms with Gasteiger partial charge in [0.25, 0.3) is 5.91 Å². The molecule has 0 aliphatic rings. The summed E-state index contributed by atoms with van der Waals surface area (Å²) in [5.41, 5.74) is 0.708. The van der Waals surface area contributed by atoms with Crippen LogP contribution in [-0.4, -0.2) is 25.9 Å². The first-order valence-corrected chi connectivity index (χ1v) is 8.92. The molecule has 0 heterocycles. The second-order valence-corrected chi connectivity index (χ2v) is 7.49. The molecule has 128 valence electrons. The van der Waals surface area contributed by atoms with Crippen LogP contribution < -0.4 is 5.32 Å². The summed E-state index contributed by atoms with van der Waals surface area (Å²) in [6.45, 7) is 0. The zero-order chi connectivity index (χ0) is 17.6. The summed E-state index contributed by atoms with van der Waals surface area (Å²) in [4.78, 5) is 12.4. The molecule has 5 nitrogen and oxygen atoms in total. The van der Waals surface area contributed by atoms with E-state index in [0.29, 0.717) is 11.1 Å². The number of rotatable bonds is 7. The molecular formula is C17H19FNO4P. The van der Waals surface area contributed by atoms with Gasteiger partial charge in [-0.05, 0) is 23.8 Å². The molecule has 0 aliphatic heterocycles. The Morgan fingerprint density at radius 3 is 2.25 bits per heavy atom. The quantitative estimate of drug-likeness (QED) is 0.774. The first-order valence-electron chi connectivity index (χ1n) is 7.30. The van der Waals surface area contributed by atoms with Gasteiger partial charge < -0.3 is 14.4 Å². The lowest BCUT2D eigenvalue weighted by atomic mass is 10.1. The van der Waals surface area contributed by atoms with Gasteiger partial charge in [0.2, 0.25) is 0 Å². The summed E-state index contributed by atoms with van der Waals surface area (Å²) in [5.74, 6) is -1.90. The van der Waals surface area contributed by atoms with Crippen molar-refractivity contribution in [1.82, 2.24) is 5.32 Å². The van der Waals surface area contributed by atoms with Gasteiger partial charge >= 0.3 is 7.60 Å². The first-order chi connectivity index (χ1) is 11.5. The van der Waals surface area contributed by atoms with Gasteiger partial charge in [-0.25, -0.2) is 4.39 Å². The van der Waals surface area contributed by atoms with Crippen LogP contribution in [-0.2, 0) is 20.0 Å². The van der Waals surface area contributed by atoms with Crippen LogP contribution in [0.2, 0.25) is 0 Å². The molecule has 0 fully saturated rings. The van der Waals surface area contributed by atoms with Crippen molar-refractivity contribution in [2.75, 3.05) is 14.2 Å². The van der Waals surface area contributed by atoms with E-state index in [2.05, 4.69) is 5.32 Å². The molecule has 1 N–H and O–H groups in total. The normalized spacial score (nSPS) is 12.6. The minimum Gasteiger partial charge on any atom is -0.338 e. The summed E-state index contributed by atoms with van der Waals surface area (Å²) >= 11 is 0. The van der Waals surface area contributed by atoms with Gasteiger partial charge in [-0.15, -0.1) is 0 Å². The molecule has 2 rings (SSSR count). The topological polar surface area (TPSA) is 64.6 Å². The van der Waals surface area contributed by atoms with Crippen molar-refractivity contribution in [3.05, 3.63) is 71.5 Å². The van der Waals surface area contributed by atoms with Gasteiger partial charge in [0.15, 0.2) is 0 Å². The van der Waals surface area contributed by atoms with Crippen LogP contribution in [0.1, 0.15) is 15.9 Å². The van der Waals surface area contributed by atoms with Crippen molar-refractivity contribution in [3.8, 4) is 0 Å². The van der Waals surface area contributed by atoms with Crippen LogP contribution in [0.4, 0.5) is 4.39 Å². The molecule has 0 aliphatic carbocycles. The second kappa shape index (κ2) is 8.20. The molecule has 24 heavy (non-hydrogen) atoms. The van der Waals surface area contributed by atoms with Crippen LogP contribution in [0.15, 0.2) is 54.6 Å². The highest BCUT2D eigenvalue weighted by atomic mass is 31.2. The van der Waals surface area contributed by atoms with E-state index in [1.807, 2.05) is 0 Å². The lowest BCUT2D eigenvalue weighted by molar-refractivity contribution is 0.0940. The van der Waals surface area contributed by atoms with E-state index in [1.165, 1.54) is 20.3 Å². The monoisotopic (exact) mass is 351 g/mol. The standard InChI is InChI=1S/C17H19FNO4P/c1-22-24(21,23-2)16(12-14-10-6-7-11-15(14)18)19-17(20)13-8-4-3-5-9-13/h3-11,16H,12H2,1-2H3,(H,19,20)/t16-/m0/s1. The molecule has 1 atom stereocenters. The summed E-state index contributed by atoms with van der Waals surface area (Å²) < 4.78 is 36.7. The maximum absolute atomic E-state index is 13.9. The second-order valence-electron chi connectivity index (χ2n) is 5.06. The number of hydrogen-bond acceptors (Lipinski definition) is 4. The summed E-state index contributed by atoms with van der Waals surface area (Å²) in [5, 5.41) is 2.63. The number of halogens is 1. The number of carbonyl (C=O) groups excluding carboxylic acids is 1. The third-order valence-corrected chi connectivity index (χ3v) is 5.69. The van der Waals surface area contributed by atoms with Crippen molar-refractivity contribution in [2.24, 2.45) is 0 Å². The third-order valence-electron chi connectivity index (χ3n) is 3.60. The van der Waals surface area contributed by atoms with Crippen molar-refractivity contribution < 1.29 is 22.8 Å². The van der Waals surface area contributed by atoms with E-state index in [-0.39, 0.29) is 6.42 Å². The van der Waals surface area contributed by atoms with Crippen LogP contribution in [0.25, 0.3) is 0 Å². The van der Waals surface area contributed by atoms with Gasteiger partial charge in [-0.2, -0.15) is 0 Å². The van der Waals surface area contributed by atoms with Crippen molar-refractivity contribution in [1.29, 1.82) is 0 Å². The van der Waals surface area contributed by atoms with Gasteiger partial charge in [0, 0.05) is 26.2 Å². The SMILES string of the molecule is COP(=O)(OC)[C@@H](Cc1ccccc1F)NC(=O)c1ccccc1. The smallest absolute Gasteiger partial charge is 0.338 e. The van der Waals surface area contributed by atoms with Crippen LogP contribution >= 0.6 is 7.60 Å². The maximum Gasteiger partial charge on any atom is 0.352 e. The predicted molar refractivity (Wildman–Crippen MR) is 89.4 cm³/mol. The number of hydrogen-bond donors (Lipinski definition) is 1. The van der Waals surface area contributed by atoms with E-state index >= 15 is 0 Å². The predicted octanol–water partition coefficient (Wildman–Crippen LogP) is 3.61. The average molecular weight is 351 g/mol. The fourth-order valence-electron chi connectivity index (χ4n) is 2.27. The molecule has 0 unspecified atom stereocenters. The third kappa shape index (κ3) is 4.29. The van der Waals surface area contributed by atoms with E-state index < -0.39 is 25.1 Å². The molecule has 0 bridgehead atoms. The molecule has 2 aromatic rings. The Labute approximate surface area is 140 Å². The maximum atomic E-state index is 13.9. The molecular weight excluding hydrogens is 332 g/mol. The lowest BCUT2D eigenvalue weighted by Gasteiger charge is -2.25. The first kappa shape index (κ1) is 18.3. The Bertz CT molecular complexity index is 730. The van der Waals surface area contributed by atoms with E-state index in [4.69, 9.17) is 9.05 Å². The molecule has 0 saturated heterocycles. The van der Waals surface area contributed by atoms with Crippen molar-refractivity contribution in [2.45, 2.75) is 12.2 Å². The molecule has 1 amide bonds. The Morgan fingerprint density at radius 2 is 1.67 bits per heavy atom. The summed E-state index contributed by atoms with van der Waals surface area (Å²) in [6.07, 6.45) is -0.0236. The molecule has 0 spiro atoms. The fraction of sp³-hybridized carbons (Fsp3) is 0.235. The minimum absolute atomic E-state index is 0.0236. The molecule has 7 heteroatoms. The number of amides is 1. The van der Waals surface area contributed by atoms with Gasteiger partial charge in [-0.3, -0.25) is 9.36 Å². The van der Waals surface area contributed by atoms with Gasteiger partial charge in [0.1, 0.15) is 11.6 Å². The lowest BCUT2D eigenvalue weighted by Crippen LogP contribution is -2.37. The van der Waals surface area contributed by atoms with Crippen molar-refractivity contribution >= 4 is 13.5 Å². The zero-order valence-electron chi connectivity index (χ0n) is 13.4. The average Bonchev–Trinajstić information content (AvgIpc) is 2.62. The molecule has 2 aromatic carbocycles. The Kier molecular flexibility index (Phi) is 6.26. The molecule has 0 radical (unpaired) electrons. The number of nitrogens with one attached hydrogen (secondary N) is 1. The van der Waals surface area contributed by atoms with E-state index in [9.17, 15) is 13.8 Å². The highest BCUT2D eigenvalue weighted by Gasteiger charge is 2.36. The van der Waals surface area contributed by atoms with Crippen LogP contribution in [0, 0.1) is 5.82 Å². The van der Waals surface area contributed by atoms with E-state index in [0.717, 1.165) is 0 Å². The number of carbonyl (C=O) groups is 1. The Balaban J connectivity index is 2.28. The Morgan fingerprint density at radius 1 is 1.08 bits per heavy atom. The number of benzene rings is 2.